The van der Waals surface area contributed by atoms with Crippen LogP contribution in [0.2, 0.25) is 0 Å². The van der Waals surface area contributed by atoms with Gasteiger partial charge in [-0.3, -0.25) is 13.9 Å². The van der Waals surface area contributed by atoms with E-state index in [9.17, 15) is 18.0 Å². The fourth-order valence-corrected chi connectivity index (χ4v) is 6.52. The summed E-state index contributed by atoms with van der Waals surface area (Å²) in [5.74, 6) is -0.547. The van der Waals surface area contributed by atoms with Crippen LogP contribution in [0.3, 0.4) is 0 Å². The van der Waals surface area contributed by atoms with Crippen molar-refractivity contribution >= 4 is 27.5 Å². The number of anilines is 1. The number of hydrogen-bond donors (Lipinski definition) is 1. The molecule has 0 aliphatic carbocycles. The number of benzene rings is 4. The van der Waals surface area contributed by atoms with E-state index in [1.165, 1.54) is 17.0 Å². The molecular weight excluding hydrogens is 570 g/mol. The minimum absolute atomic E-state index is 0.0806. The van der Waals surface area contributed by atoms with Gasteiger partial charge in [0.25, 0.3) is 10.0 Å². The molecule has 4 aromatic rings. The largest absolute Gasteiger partial charge is 0.354 e. The van der Waals surface area contributed by atoms with E-state index in [0.717, 1.165) is 26.6 Å². The number of aryl methyl sites for hydroxylation is 2. The van der Waals surface area contributed by atoms with Gasteiger partial charge < -0.3 is 10.2 Å². The van der Waals surface area contributed by atoms with Gasteiger partial charge in [0.1, 0.15) is 12.6 Å². The molecule has 1 N–H and O–H groups in total. The number of rotatable bonds is 13. The Kier molecular flexibility index (Phi) is 11.0. The molecule has 0 saturated heterocycles. The first-order chi connectivity index (χ1) is 21.0. The maximum Gasteiger partial charge on any atom is 0.264 e. The maximum atomic E-state index is 14.5. The van der Waals surface area contributed by atoms with Crippen molar-refractivity contribution in [3.63, 3.8) is 0 Å². The van der Waals surface area contributed by atoms with E-state index in [1.54, 1.807) is 30.3 Å². The molecule has 7 nitrogen and oxygen atoms in total. The predicted octanol–water partition coefficient (Wildman–Crippen LogP) is 5.91. The zero-order valence-corrected chi connectivity index (χ0v) is 26.6. The number of hydrogen-bond acceptors (Lipinski definition) is 4. The third kappa shape index (κ3) is 8.57. The lowest BCUT2D eigenvalue weighted by atomic mass is 10.0. The number of sulfonamides is 1. The lowest BCUT2D eigenvalue weighted by molar-refractivity contribution is -0.140. The lowest BCUT2D eigenvalue weighted by Gasteiger charge is -2.34. The average Bonchev–Trinajstić information content (AvgIpc) is 3.01. The molecule has 230 valence electrons. The Balaban J connectivity index is 1.80. The molecule has 8 heteroatoms. The van der Waals surface area contributed by atoms with Gasteiger partial charge in [0.15, 0.2) is 0 Å². The summed E-state index contributed by atoms with van der Waals surface area (Å²) >= 11 is 0. The van der Waals surface area contributed by atoms with Crippen LogP contribution in [-0.2, 0) is 32.6 Å². The molecule has 44 heavy (non-hydrogen) atoms. The molecule has 1 atom stereocenters. The minimum atomic E-state index is -4.13. The molecule has 0 radical (unpaired) electrons. The first-order valence-electron chi connectivity index (χ1n) is 14.9. The van der Waals surface area contributed by atoms with Gasteiger partial charge in [-0.15, -0.1) is 0 Å². The van der Waals surface area contributed by atoms with Gasteiger partial charge in [0, 0.05) is 19.5 Å². The zero-order chi connectivity index (χ0) is 31.7. The van der Waals surface area contributed by atoms with Crippen LogP contribution < -0.4 is 9.62 Å². The summed E-state index contributed by atoms with van der Waals surface area (Å²) in [6, 6.07) is 31.7. The van der Waals surface area contributed by atoms with Crippen molar-refractivity contribution in [2.45, 2.75) is 51.6 Å². The third-order valence-corrected chi connectivity index (χ3v) is 9.04. The van der Waals surface area contributed by atoms with Crippen molar-refractivity contribution in [3.05, 3.63) is 131 Å². The second kappa shape index (κ2) is 14.8. The van der Waals surface area contributed by atoms with E-state index >= 15 is 0 Å². The Morgan fingerprint density at radius 3 is 1.82 bits per heavy atom. The summed E-state index contributed by atoms with van der Waals surface area (Å²) in [7, 11) is -4.13. The molecule has 0 aliphatic heterocycles. The minimum Gasteiger partial charge on any atom is -0.354 e. The van der Waals surface area contributed by atoms with Crippen molar-refractivity contribution < 1.29 is 18.0 Å². The van der Waals surface area contributed by atoms with Crippen LogP contribution in [-0.4, -0.2) is 44.3 Å². The number of carbonyl (C=O) groups is 2. The molecule has 0 spiro atoms. The van der Waals surface area contributed by atoms with Crippen molar-refractivity contribution in [3.8, 4) is 0 Å². The van der Waals surface area contributed by atoms with Crippen LogP contribution in [0.25, 0.3) is 0 Å². The van der Waals surface area contributed by atoms with E-state index in [1.807, 2.05) is 94.4 Å². The van der Waals surface area contributed by atoms with Crippen molar-refractivity contribution in [2.75, 3.05) is 17.4 Å². The first-order valence-corrected chi connectivity index (χ1v) is 16.3. The molecule has 4 rings (SSSR count). The maximum absolute atomic E-state index is 14.5. The predicted molar refractivity (Wildman–Crippen MR) is 176 cm³/mol. The Morgan fingerprint density at radius 1 is 0.750 bits per heavy atom. The normalized spacial score (nSPS) is 12.0. The highest BCUT2D eigenvalue weighted by Gasteiger charge is 2.34. The van der Waals surface area contributed by atoms with Gasteiger partial charge in [-0.2, -0.15) is 0 Å². The topological polar surface area (TPSA) is 86.8 Å². The summed E-state index contributed by atoms with van der Waals surface area (Å²) in [4.78, 5) is 29.9. The SMILES string of the molecule is Cc1cc(C)cc(N(CC(=O)N(Cc2ccccc2)C(Cc2ccccc2)C(=O)NCC(C)C)S(=O)(=O)c2ccccc2)c1. The van der Waals surface area contributed by atoms with E-state index < -0.39 is 28.5 Å². The van der Waals surface area contributed by atoms with Gasteiger partial charge in [0.05, 0.1) is 10.6 Å². The molecule has 0 saturated carbocycles. The molecule has 0 aliphatic rings. The average molecular weight is 612 g/mol. The van der Waals surface area contributed by atoms with Gasteiger partial charge in [0.2, 0.25) is 11.8 Å². The molecule has 2 amide bonds. The second-order valence-corrected chi connectivity index (χ2v) is 13.4. The third-order valence-electron chi connectivity index (χ3n) is 7.26. The molecular formula is C36H41N3O4S. The molecule has 0 fully saturated rings. The summed E-state index contributed by atoms with van der Waals surface area (Å²) in [5, 5.41) is 3.01. The highest BCUT2D eigenvalue weighted by molar-refractivity contribution is 7.92. The van der Waals surface area contributed by atoms with Crippen LogP contribution in [0.1, 0.15) is 36.1 Å². The van der Waals surface area contributed by atoms with Crippen LogP contribution in [0.5, 0.6) is 0 Å². The Bertz CT molecular complexity index is 1620. The number of amides is 2. The standard InChI is InChI=1S/C36H41N3O4S/c1-27(2)24-37-36(41)34(23-30-14-8-5-9-15-30)38(25-31-16-10-6-11-17-31)35(40)26-39(32-21-28(3)20-29(4)22-32)44(42,43)33-18-12-7-13-19-33/h5-22,27,34H,23-26H2,1-4H3,(H,37,41). The van der Waals surface area contributed by atoms with E-state index in [0.29, 0.717) is 12.2 Å². The zero-order valence-electron chi connectivity index (χ0n) is 25.8. The van der Waals surface area contributed by atoms with E-state index in [2.05, 4.69) is 5.32 Å². The van der Waals surface area contributed by atoms with Gasteiger partial charge >= 0.3 is 0 Å². The highest BCUT2D eigenvalue weighted by Crippen LogP contribution is 2.27. The highest BCUT2D eigenvalue weighted by atomic mass is 32.2. The Morgan fingerprint density at radius 2 is 1.27 bits per heavy atom. The van der Waals surface area contributed by atoms with E-state index in [4.69, 9.17) is 0 Å². The van der Waals surface area contributed by atoms with Crippen molar-refractivity contribution in [1.82, 2.24) is 10.2 Å². The molecule has 0 bridgehead atoms. The molecule has 0 aromatic heterocycles. The summed E-state index contributed by atoms with van der Waals surface area (Å²) in [5.41, 5.74) is 3.86. The molecule has 0 heterocycles. The summed E-state index contributed by atoms with van der Waals surface area (Å²) in [6.45, 7) is 7.91. The summed E-state index contributed by atoms with van der Waals surface area (Å²) in [6.07, 6.45) is 0.276. The Hall–Kier alpha value is -4.43. The second-order valence-electron chi connectivity index (χ2n) is 11.5. The monoisotopic (exact) mass is 611 g/mol. The Labute approximate surface area is 261 Å². The molecule has 1 unspecified atom stereocenters. The fourth-order valence-electron chi connectivity index (χ4n) is 5.10. The van der Waals surface area contributed by atoms with Gasteiger partial charge in [-0.25, -0.2) is 8.42 Å². The smallest absolute Gasteiger partial charge is 0.264 e. The van der Waals surface area contributed by atoms with Crippen LogP contribution in [0, 0.1) is 19.8 Å². The van der Waals surface area contributed by atoms with E-state index in [-0.39, 0.29) is 29.7 Å². The lowest BCUT2D eigenvalue weighted by Crippen LogP contribution is -2.53. The van der Waals surface area contributed by atoms with Crippen LogP contribution in [0.4, 0.5) is 5.69 Å². The quantitative estimate of drug-likeness (QED) is 0.204. The molecule has 4 aromatic carbocycles. The van der Waals surface area contributed by atoms with Gasteiger partial charge in [-0.05, 0) is 66.3 Å². The first kappa shape index (κ1) is 32.5. The van der Waals surface area contributed by atoms with Gasteiger partial charge in [-0.1, -0.05) is 98.8 Å². The van der Waals surface area contributed by atoms with Crippen LogP contribution in [0.15, 0.2) is 114 Å². The van der Waals surface area contributed by atoms with Crippen molar-refractivity contribution in [2.24, 2.45) is 5.92 Å². The number of nitrogens with one attached hydrogen (secondary N) is 1. The number of nitrogens with zero attached hydrogens (tertiary/aromatic N) is 2. The summed E-state index contributed by atoms with van der Waals surface area (Å²) < 4.78 is 29.4. The van der Waals surface area contributed by atoms with Crippen LogP contribution >= 0.6 is 0 Å². The number of carbonyl (C=O) groups excluding carboxylic acids is 2. The fraction of sp³-hybridized carbons (Fsp3) is 0.278. The van der Waals surface area contributed by atoms with Crippen molar-refractivity contribution in [1.29, 1.82) is 0 Å².